The summed E-state index contributed by atoms with van der Waals surface area (Å²) in [6.07, 6.45) is 10.4. The average Bonchev–Trinajstić information content (AvgIpc) is 3.45. The van der Waals surface area contributed by atoms with Crippen LogP contribution in [0.2, 0.25) is 0 Å². The van der Waals surface area contributed by atoms with Crippen molar-refractivity contribution in [3.05, 3.63) is 54.4 Å². The second-order valence-electron chi connectivity index (χ2n) is 7.63. The van der Waals surface area contributed by atoms with Crippen LogP contribution in [-0.4, -0.2) is 34.6 Å². The molecule has 2 saturated heterocycles. The van der Waals surface area contributed by atoms with Crippen LogP contribution >= 0.6 is 11.9 Å². The molecule has 0 aliphatic carbocycles. The molecule has 4 heterocycles. The van der Waals surface area contributed by atoms with E-state index < -0.39 is 0 Å². The van der Waals surface area contributed by atoms with Gasteiger partial charge < -0.3 is 10.2 Å². The van der Waals surface area contributed by atoms with Gasteiger partial charge in [-0.2, -0.15) is 0 Å². The van der Waals surface area contributed by atoms with Gasteiger partial charge in [0.1, 0.15) is 0 Å². The Labute approximate surface area is 165 Å². The number of nitrogens with one attached hydrogen (secondary N) is 1. The first-order valence-corrected chi connectivity index (χ1v) is 10.9. The number of aromatic nitrogens is 2. The van der Waals surface area contributed by atoms with Crippen LogP contribution < -0.4 is 10.2 Å². The topological polar surface area (TPSA) is 33.1 Å². The summed E-state index contributed by atoms with van der Waals surface area (Å²) in [5, 5.41) is 3.62. The maximum Gasteiger partial charge on any atom is 0.0922 e. The van der Waals surface area contributed by atoms with E-state index in [1.54, 1.807) is 11.9 Å². The molecule has 1 unspecified atom stereocenters. The molecule has 5 heteroatoms. The molecular formula is C22H26N4S. The van der Waals surface area contributed by atoms with Crippen molar-refractivity contribution in [2.75, 3.05) is 24.5 Å². The minimum Gasteiger partial charge on any atom is -0.372 e. The Kier molecular flexibility index (Phi) is 4.80. The molecule has 0 bridgehead atoms. The van der Waals surface area contributed by atoms with Gasteiger partial charge in [-0.3, -0.25) is 8.96 Å². The molecule has 0 amide bonds. The van der Waals surface area contributed by atoms with Crippen LogP contribution in [-0.2, 0) is 6.42 Å². The van der Waals surface area contributed by atoms with Crippen molar-refractivity contribution in [2.45, 2.75) is 43.0 Å². The van der Waals surface area contributed by atoms with Crippen molar-refractivity contribution in [1.29, 1.82) is 0 Å². The highest BCUT2D eigenvalue weighted by Crippen LogP contribution is 2.32. The van der Waals surface area contributed by atoms with E-state index in [0.717, 1.165) is 18.5 Å². The van der Waals surface area contributed by atoms with Gasteiger partial charge in [-0.15, -0.1) is 0 Å². The molecule has 27 heavy (non-hydrogen) atoms. The molecule has 0 spiro atoms. The van der Waals surface area contributed by atoms with E-state index in [1.165, 1.54) is 60.4 Å². The zero-order valence-corrected chi connectivity index (χ0v) is 16.4. The highest BCUT2D eigenvalue weighted by molar-refractivity contribution is 7.98. The standard InChI is InChI=1S/C22H26N4S/c1-2-13-25(12-1)19-7-3-8-20(15-19)27-26-16-17(14-18-6-4-10-23-18)22-21(26)9-5-11-24-22/h3,5,7-9,11,15-16,18,23H,1-2,4,6,10,12-14H2. The molecule has 0 saturated carbocycles. The van der Waals surface area contributed by atoms with Crippen molar-refractivity contribution >= 4 is 28.7 Å². The van der Waals surface area contributed by atoms with Gasteiger partial charge in [0.25, 0.3) is 0 Å². The molecule has 1 N–H and O–H groups in total. The van der Waals surface area contributed by atoms with E-state index in [4.69, 9.17) is 4.98 Å². The third-order valence-electron chi connectivity index (χ3n) is 5.72. The summed E-state index contributed by atoms with van der Waals surface area (Å²) >= 11 is 1.80. The number of rotatable bonds is 5. The van der Waals surface area contributed by atoms with Crippen molar-refractivity contribution < 1.29 is 0 Å². The average molecular weight is 379 g/mol. The first-order chi connectivity index (χ1) is 13.4. The van der Waals surface area contributed by atoms with Crippen molar-refractivity contribution in [1.82, 2.24) is 14.3 Å². The minimum atomic E-state index is 0.592. The second kappa shape index (κ2) is 7.56. The molecule has 1 aromatic carbocycles. The van der Waals surface area contributed by atoms with Crippen molar-refractivity contribution in [2.24, 2.45) is 0 Å². The summed E-state index contributed by atoms with van der Waals surface area (Å²) in [4.78, 5) is 8.48. The van der Waals surface area contributed by atoms with Crippen LogP contribution in [0.5, 0.6) is 0 Å². The highest BCUT2D eigenvalue weighted by Gasteiger charge is 2.19. The number of anilines is 1. The summed E-state index contributed by atoms with van der Waals surface area (Å²) in [6, 6.07) is 13.8. The first kappa shape index (κ1) is 17.1. The molecule has 0 radical (unpaired) electrons. The molecule has 2 aliphatic rings. The zero-order chi connectivity index (χ0) is 18.1. The van der Waals surface area contributed by atoms with Gasteiger partial charge in [0.15, 0.2) is 0 Å². The number of pyridine rings is 1. The van der Waals surface area contributed by atoms with Crippen molar-refractivity contribution in [3.8, 4) is 0 Å². The summed E-state index contributed by atoms with van der Waals surface area (Å²) in [5.74, 6) is 0. The minimum absolute atomic E-state index is 0.592. The predicted molar refractivity (Wildman–Crippen MR) is 114 cm³/mol. The lowest BCUT2D eigenvalue weighted by Gasteiger charge is -2.18. The second-order valence-corrected chi connectivity index (χ2v) is 8.68. The van der Waals surface area contributed by atoms with Crippen LogP contribution in [0.1, 0.15) is 31.2 Å². The van der Waals surface area contributed by atoms with Crippen LogP contribution in [0.4, 0.5) is 5.69 Å². The maximum absolute atomic E-state index is 4.70. The number of benzene rings is 1. The van der Waals surface area contributed by atoms with E-state index in [2.05, 4.69) is 50.7 Å². The lowest BCUT2D eigenvalue weighted by molar-refractivity contribution is 0.604. The molecule has 4 nitrogen and oxygen atoms in total. The fraction of sp³-hybridized carbons (Fsp3) is 0.409. The predicted octanol–water partition coefficient (Wildman–Crippen LogP) is 4.49. The summed E-state index contributed by atoms with van der Waals surface area (Å²) in [6.45, 7) is 3.51. The van der Waals surface area contributed by atoms with Crippen LogP contribution in [0.25, 0.3) is 11.0 Å². The monoisotopic (exact) mass is 378 g/mol. The van der Waals surface area contributed by atoms with E-state index in [1.807, 2.05) is 12.3 Å². The van der Waals surface area contributed by atoms with Gasteiger partial charge in [-0.25, -0.2) is 0 Å². The molecular weight excluding hydrogens is 352 g/mol. The van der Waals surface area contributed by atoms with E-state index >= 15 is 0 Å². The molecule has 3 aromatic rings. The third-order valence-corrected chi connectivity index (χ3v) is 6.69. The SMILES string of the molecule is c1cc(Sn2cc(CC3CCCN3)c3ncccc32)cc(N2CCCC2)c1. The normalized spacial score (nSPS) is 20.0. The maximum atomic E-state index is 4.70. The van der Waals surface area contributed by atoms with E-state index in [0.29, 0.717) is 6.04 Å². The number of nitrogens with zero attached hydrogens (tertiary/aromatic N) is 3. The van der Waals surface area contributed by atoms with Crippen LogP contribution in [0.15, 0.2) is 53.7 Å². The zero-order valence-electron chi connectivity index (χ0n) is 15.6. The quantitative estimate of drug-likeness (QED) is 0.709. The Morgan fingerprint density at radius 2 is 2.04 bits per heavy atom. The van der Waals surface area contributed by atoms with Crippen LogP contribution in [0.3, 0.4) is 0 Å². The molecule has 5 rings (SSSR count). The Balaban J connectivity index is 1.43. The Morgan fingerprint density at radius 1 is 1.11 bits per heavy atom. The van der Waals surface area contributed by atoms with Gasteiger partial charge in [-0.1, -0.05) is 6.07 Å². The Hall–Kier alpha value is -1.98. The Morgan fingerprint density at radius 3 is 2.89 bits per heavy atom. The lowest BCUT2D eigenvalue weighted by atomic mass is 10.1. The van der Waals surface area contributed by atoms with E-state index in [9.17, 15) is 0 Å². The number of fused-ring (bicyclic) bond motifs is 1. The Bertz CT molecular complexity index is 923. The summed E-state index contributed by atoms with van der Waals surface area (Å²) in [7, 11) is 0. The van der Waals surface area contributed by atoms with Gasteiger partial charge >= 0.3 is 0 Å². The van der Waals surface area contributed by atoms with Gasteiger partial charge in [0.2, 0.25) is 0 Å². The molecule has 140 valence electrons. The number of hydrogen-bond donors (Lipinski definition) is 1. The number of hydrogen-bond acceptors (Lipinski definition) is 4. The molecule has 2 aliphatic heterocycles. The molecule has 2 fully saturated rings. The lowest BCUT2D eigenvalue weighted by Crippen LogP contribution is -2.23. The fourth-order valence-corrected chi connectivity index (χ4v) is 5.31. The summed E-state index contributed by atoms with van der Waals surface area (Å²) < 4.78 is 2.30. The van der Waals surface area contributed by atoms with E-state index in [-0.39, 0.29) is 0 Å². The summed E-state index contributed by atoms with van der Waals surface area (Å²) in [5.41, 5.74) is 5.06. The highest BCUT2D eigenvalue weighted by atomic mass is 32.2. The van der Waals surface area contributed by atoms with Crippen molar-refractivity contribution in [3.63, 3.8) is 0 Å². The third kappa shape index (κ3) is 3.58. The van der Waals surface area contributed by atoms with Gasteiger partial charge in [0.05, 0.1) is 11.0 Å². The largest absolute Gasteiger partial charge is 0.372 e. The first-order valence-electron chi connectivity index (χ1n) is 10.1. The van der Waals surface area contributed by atoms with Gasteiger partial charge in [-0.05, 0) is 86.5 Å². The fourth-order valence-electron chi connectivity index (χ4n) is 4.34. The van der Waals surface area contributed by atoms with Crippen LogP contribution in [0, 0.1) is 0 Å². The molecule has 2 aromatic heterocycles. The van der Waals surface area contributed by atoms with Gasteiger partial charge in [0, 0.05) is 42.1 Å². The molecule has 1 atom stereocenters. The smallest absolute Gasteiger partial charge is 0.0922 e.